The Labute approximate surface area is 126 Å². The first-order valence-corrected chi connectivity index (χ1v) is 8.95. The van der Waals surface area contributed by atoms with Gasteiger partial charge in [-0.05, 0) is 46.0 Å². The molecule has 0 radical (unpaired) electrons. The lowest BCUT2D eigenvalue weighted by atomic mass is 9.82. The molecule has 0 amide bonds. The topological polar surface area (TPSA) is 9.23 Å². The van der Waals surface area contributed by atoms with Gasteiger partial charge in [-0.3, -0.25) is 0 Å². The van der Waals surface area contributed by atoms with E-state index in [0.29, 0.717) is 0 Å². The van der Waals surface area contributed by atoms with Crippen LogP contribution in [-0.4, -0.2) is 42.9 Å². The Morgan fingerprint density at radius 1 is 1.10 bits per heavy atom. The zero-order chi connectivity index (χ0) is 14.6. The molecule has 2 heterocycles. The van der Waals surface area contributed by atoms with E-state index in [9.17, 15) is 0 Å². The first kappa shape index (κ1) is 16.3. The van der Waals surface area contributed by atoms with Crippen molar-refractivity contribution < 1.29 is 9.22 Å². The normalized spacial score (nSPS) is 34.8. The van der Waals surface area contributed by atoms with Gasteiger partial charge >= 0.3 is 0 Å². The Hall–Kier alpha value is -0.0800. The monoisotopic (exact) mass is 282 g/mol. The van der Waals surface area contributed by atoms with Crippen LogP contribution in [0.5, 0.6) is 0 Å². The van der Waals surface area contributed by atoms with Crippen LogP contribution < -0.4 is 0 Å². The third kappa shape index (κ3) is 3.98. The van der Waals surface area contributed by atoms with E-state index in [-0.39, 0.29) is 5.60 Å². The lowest BCUT2D eigenvalue weighted by molar-refractivity contribution is -0.947. The summed E-state index contributed by atoms with van der Waals surface area (Å²) in [7, 11) is 2.50. The maximum Gasteiger partial charge on any atom is 0.0939 e. The average Bonchev–Trinajstić information content (AvgIpc) is 2.42. The molecule has 2 heteroatoms. The van der Waals surface area contributed by atoms with E-state index < -0.39 is 0 Å². The van der Waals surface area contributed by atoms with Crippen LogP contribution >= 0.6 is 0 Å². The van der Waals surface area contributed by atoms with Crippen LogP contribution in [0, 0.1) is 5.92 Å². The van der Waals surface area contributed by atoms with Crippen molar-refractivity contribution in [2.24, 2.45) is 5.92 Å². The SMILES string of the molecule is CCCCC(C)(C)OCC1CCC[N+]2(C)CCCCC12. The highest BCUT2D eigenvalue weighted by molar-refractivity contribution is 4.80. The molecule has 0 aliphatic carbocycles. The Morgan fingerprint density at radius 3 is 2.60 bits per heavy atom. The van der Waals surface area contributed by atoms with Crippen LogP contribution in [0.25, 0.3) is 0 Å². The molecule has 118 valence electrons. The van der Waals surface area contributed by atoms with E-state index in [0.717, 1.165) is 18.6 Å². The summed E-state index contributed by atoms with van der Waals surface area (Å²) in [5, 5.41) is 0. The Morgan fingerprint density at radius 2 is 1.85 bits per heavy atom. The first-order valence-electron chi connectivity index (χ1n) is 8.95. The molecule has 0 spiro atoms. The molecular formula is C18H36NO+. The lowest BCUT2D eigenvalue weighted by Gasteiger charge is -2.51. The van der Waals surface area contributed by atoms with Gasteiger partial charge in [-0.1, -0.05) is 19.8 Å². The summed E-state index contributed by atoms with van der Waals surface area (Å²) in [6.07, 6.45) is 10.9. The number of quaternary nitrogens is 1. The minimum atomic E-state index is 0.0749. The summed E-state index contributed by atoms with van der Waals surface area (Å²) < 4.78 is 7.69. The molecule has 2 fully saturated rings. The summed E-state index contributed by atoms with van der Waals surface area (Å²) in [5.74, 6) is 0.801. The van der Waals surface area contributed by atoms with Gasteiger partial charge in [0.15, 0.2) is 0 Å². The van der Waals surface area contributed by atoms with Gasteiger partial charge in [0.1, 0.15) is 0 Å². The molecule has 3 unspecified atom stereocenters. The second-order valence-corrected chi connectivity index (χ2v) is 8.07. The average molecular weight is 282 g/mol. The number of nitrogens with zero attached hydrogens (tertiary/aromatic N) is 1. The van der Waals surface area contributed by atoms with Gasteiger partial charge in [-0.2, -0.15) is 0 Å². The van der Waals surface area contributed by atoms with Crippen molar-refractivity contribution in [3.05, 3.63) is 0 Å². The largest absolute Gasteiger partial charge is 0.375 e. The molecule has 0 bridgehead atoms. The van der Waals surface area contributed by atoms with E-state index in [1.807, 2.05) is 0 Å². The number of hydrogen-bond acceptors (Lipinski definition) is 1. The summed E-state index contributed by atoms with van der Waals surface area (Å²) in [5.41, 5.74) is 0.0749. The number of hydrogen-bond donors (Lipinski definition) is 0. The molecule has 2 rings (SSSR count). The third-order valence-electron chi connectivity index (χ3n) is 5.83. The van der Waals surface area contributed by atoms with Crippen LogP contribution in [0.15, 0.2) is 0 Å². The minimum absolute atomic E-state index is 0.0749. The predicted octanol–water partition coefficient (Wildman–Crippen LogP) is 4.38. The molecule has 20 heavy (non-hydrogen) atoms. The van der Waals surface area contributed by atoms with Crippen molar-refractivity contribution in [1.29, 1.82) is 0 Å². The van der Waals surface area contributed by atoms with E-state index in [2.05, 4.69) is 27.8 Å². The zero-order valence-corrected chi connectivity index (χ0v) is 14.3. The highest BCUT2D eigenvalue weighted by atomic mass is 16.5. The fourth-order valence-corrected chi connectivity index (χ4v) is 4.44. The molecule has 0 aromatic rings. The smallest absolute Gasteiger partial charge is 0.0939 e. The van der Waals surface area contributed by atoms with Gasteiger partial charge < -0.3 is 9.22 Å². The van der Waals surface area contributed by atoms with Crippen molar-refractivity contribution in [3.8, 4) is 0 Å². The molecule has 3 atom stereocenters. The Balaban J connectivity index is 1.88. The highest BCUT2D eigenvalue weighted by Gasteiger charge is 2.43. The Bertz CT molecular complexity index is 298. The van der Waals surface area contributed by atoms with Crippen molar-refractivity contribution in [3.63, 3.8) is 0 Å². The Kier molecular flexibility index (Phi) is 5.53. The summed E-state index contributed by atoms with van der Waals surface area (Å²) >= 11 is 0. The second-order valence-electron chi connectivity index (χ2n) is 8.07. The quantitative estimate of drug-likeness (QED) is 0.657. The van der Waals surface area contributed by atoms with Gasteiger partial charge in [-0.25, -0.2) is 0 Å². The predicted molar refractivity (Wildman–Crippen MR) is 85.8 cm³/mol. The lowest BCUT2D eigenvalue weighted by Crippen LogP contribution is -2.61. The molecule has 0 aromatic carbocycles. The highest BCUT2D eigenvalue weighted by Crippen LogP contribution is 2.36. The standard InChI is InChI=1S/C18H36NO/c1-5-6-12-18(2,3)20-15-16-10-9-14-19(4)13-8-7-11-17(16)19/h16-17H,5-15H2,1-4H3/q+1. The molecule has 2 nitrogen and oxygen atoms in total. The van der Waals surface area contributed by atoms with E-state index in [4.69, 9.17) is 4.74 Å². The minimum Gasteiger partial charge on any atom is -0.375 e. The fourth-order valence-electron chi connectivity index (χ4n) is 4.44. The first-order chi connectivity index (χ1) is 9.47. The zero-order valence-electron chi connectivity index (χ0n) is 14.3. The van der Waals surface area contributed by atoms with E-state index in [1.165, 1.54) is 68.9 Å². The summed E-state index contributed by atoms with van der Waals surface area (Å²) in [4.78, 5) is 0. The summed E-state index contributed by atoms with van der Waals surface area (Å²) in [6, 6.07) is 0.875. The van der Waals surface area contributed by atoms with E-state index in [1.54, 1.807) is 0 Å². The second kappa shape index (κ2) is 6.79. The van der Waals surface area contributed by atoms with Gasteiger partial charge in [0.05, 0.1) is 38.4 Å². The van der Waals surface area contributed by atoms with Crippen molar-refractivity contribution in [1.82, 2.24) is 0 Å². The van der Waals surface area contributed by atoms with Gasteiger partial charge in [0.25, 0.3) is 0 Å². The van der Waals surface area contributed by atoms with Crippen molar-refractivity contribution in [2.75, 3.05) is 26.7 Å². The molecule has 2 aliphatic rings. The van der Waals surface area contributed by atoms with Crippen LogP contribution in [0.4, 0.5) is 0 Å². The maximum absolute atomic E-state index is 6.36. The number of ether oxygens (including phenoxy) is 1. The molecule has 2 saturated heterocycles. The molecule has 0 saturated carbocycles. The van der Waals surface area contributed by atoms with Crippen molar-refractivity contribution in [2.45, 2.75) is 83.8 Å². The molecule has 2 aliphatic heterocycles. The third-order valence-corrected chi connectivity index (χ3v) is 5.83. The van der Waals surface area contributed by atoms with Gasteiger partial charge in [0.2, 0.25) is 0 Å². The molecule has 0 N–H and O–H groups in total. The van der Waals surface area contributed by atoms with Crippen LogP contribution in [-0.2, 0) is 4.74 Å². The number of rotatable bonds is 6. The molecule has 0 aromatic heterocycles. The van der Waals surface area contributed by atoms with Crippen LogP contribution in [0.2, 0.25) is 0 Å². The maximum atomic E-state index is 6.36. The summed E-state index contributed by atoms with van der Waals surface area (Å²) in [6.45, 7) is 10.6. The molecular weight excluding hydrogens is 246 g/mol. The number of piperidine rings is 2. The fraction of sp³-hybridized carbons (Fsp3) is 1.00. The van der Waals surface area contributed by atoms with Gasteiger partial charge in [-0.15, -0.1) is 0 Å². The van der Waals surface area contributed by atoms with E-state index >= 15 is 0 Å². The number of fused-ring (bicyclic) bond motifs is 1. The van der Waals surface area contributed by atoms with Gasteiger partial charge in [0, 0.05) is 12.3 Å². The van der Waals surface area contributed by atoms with Crippen molar-refractivity contribution >= 4 is 0 Å². The number of unbranched alkanes of at least 4 members (excludes halogenated alkanes) is 1. The van der Waals surface area contributed by atoms with Crippen LogP contribution in [0.1, 0.15) is 72.1 Å². The van der Waals surface area contributed by atoms with Crippen LogP contribution in [0.3, 0.4) is 0 Å².